The van der Waals surface area contributed by atoms with E-state index in [1.807, 2.05) is 20.9 Å². The molecule has 1 aromatic heterocycles. The Morgan fingerprint density at radius 3 is 2.56 bits per heavy atom. The molecule has 1 aromatic rings. The van der Waals surface area contributed by atoms with E-state index in [4.69, 9.17) is 9.63 Å². The van der Waals surface area contributed by atoms with E-state index in [0.717, 1.165) is 13.0 Å². The predicted molar refractivity (Wildman–Crippen MR) is 61.0 cm³/mol. The molecule has 5 nitrogen and oxygen atoms in total. The van der Waals surface area contributed by atoms with Crippen LogP contribution in [0, 0.1) is 0 Å². The first kappa shape index (κ1) is 13.1. The van der Waals surface area contributed by atoms with Gasteiger partial charge >= 0.3 is 0 Å². The first-order valence-electron chi connectivity index (χ1n) is 5.68. The minimum absolute atomic E-state index is 0.265. The van der Waals surface area contributed by atoms with Crippen molar-refractivity contribution in [1.82, 2.24) is 15.0 Å². The summed E-state index contributed by atoms with van der Waals surface area (Å²) in [5.74, 6) is 1.65. The molecule has 5 heteroatoms. The van der Waals surface area contributed by atoms with Crippen molar-refractivity contribution in [2.24, 2.45) is 0 Å². The third kappa shape index (κ3) is 4.28. The van der Waals surface area contributed by atoms with Gasteiger partial charge in [0.1, 0.15) is 0 Å². The first-order valence-corrected chi connectivity index (χ1v) is 5.68. The van der Waals surface area contributed by atoms with E-state index >= 15 is 0 Å². The Kier molecular flexibility index (Phi) is 4.89. The maximum absolute atomic E-state index is 9.17. The van der Waals surface area contributed by atoms with Gasteiger partial charge in [-0.2, -0.15) is 4.98 Å². The van der Waals surface area contributed by atoms with Crippen molar-refractivity contribution in [2.75, 3.05) is 13.6 Å². The highest BCUT2D eigenvalue weighted by molar-refractivity contribution is 4.90. The van der Waals surface area contributed by atoms with Crippen LogP contribution >= 0.6 is 0 Å². The second kappa shape index (κ2) is 5.96. The van der Waals surface area contributed by atoms with Gasteiger partial charge in [0.15, 0.2) is 5.82 Å². The molecule has 16 heavy (non-hydrogen) atoms. The summed E-state index contributed by atoms with van der Waals surface area (Å²) in [6.07, 6.45) is 0.490. The van der Waals surface area contributed by atoms with Crippen LogP contribution in [-0.2, 0) is 6.54 Å². The molecule has 0 radical (unpaired) electrons. The fourth-order valence-corrected chi connectivity index (χ4v) is 1.29. The van der Waals surface area contributed by atoms with Crippen LogP contribution in [0.2, 0.25) is 0 Å². The van der Waals surface area contributed by atoms with Crippen LogP contribution < -0.4 is 0 Å². The molecule has 0 aliphatic rings. The minimum atomic E-state index is -0.265. The number of aromatic nitrogens is 2. The van der Waals surface area contributed by atoms with Crippen LogP contribution in [0.25, 0.3) is 0 Å². The molecular formula is C11H21N3O2. The van der Waals surface area contributed by atoms with Gasteiger partial charge in [-0.25, -0.2) is 0 Å². The summed E-state index contributed by atoms with van der Waals surface area (Å²) in [7, 11) is 1.98. The lowest BCUT2D eigenvalue weighted by Gasteiger charge is -2.14. The van der Waals surface area contributed by atoms with Crippen molar-refractivity contribution >= 4 is 0 Å². The zero-order chi connectivity index (χ0) is 12.1. The number of nitrogens with zero attached hydrogens (tertiary/aromatic N) is 3. The highest BCUT2D eigenvalue weighted by atomic mass is 16.5. The fraction of sp³-hybridized carbons (Fsp3) is 0.818. The summed E-state index contributed by atoms with van der Waals surface area (Å²) in [6, 6.07) is 0. The third-order valence-electron chi connectivity index (χ3n) is 2.32. The van der Waals surface area contributed by atoms with Gasteiger partial charge in [0.2, 0.25) is 5.89 Å². The zero-order valence-corrected chi connectivity index (χ0v) is 10.5. The van der Waals surface area contributed by atoms with Crippen LogP contribution in [0.3, 0.4) is 0 Å². The smallest absolute Gasteiger partial charge is 0.229 e. The van der Waals surface area contributed by atoms with Crippen LogP contribution in [0.15, 0.2) is 4.52 Å². The fourth-order valence-electron chi connectivity index (χ4n) is 1.29. The molecular weight excluding hydrogens is 206 g/mol. The third-order valence-corrected chi connectivity index (χ3v) is 2.32. The van der Waals surface area contributed by atoms with Crippen LogP contribution in [0.1, 0.15) is 44.8 Å². The molecule has 0 amide bonds. The van der Waals surface area contributed by atoms with Gasteiger partial charge in [-0.15, -0.1) is 0 Å². The quantitative estimate of drug-likeness (QED) is 0.795. The predicted octanol–water partition coefficient (Wildman–Crippen LogP) is 1.40. The molecule has 1 rings (SSSR count). The standard InChI is InChI=1S/C11H21N3O2/c1-8(2)11-12-10(13-16-11)7-14(4)6-5-9(3)15/h8-9,15H,5-7H2,1-4H3. The number of aliphatic hydroxyl groups excluding tert-OH is 1. The van der Waals surface area contributed by atoms with E-state index in [1.54, 1.807) is 6.92 Å². The number of hydrogen-bond donors (Lipinski definition) is 1. The highest BCUT2D eigenvalue weighted by Gasteiger charge is 2.11. The van der Waals surface area contributed by atoms with Gasteiger partial charge in [0.25, 0.3) is 0 Å². The van der Waals surface area contributed by atoms with Crippen molar-refractivity contribution in [1.29, 1.82) is 0 Å². The monoisotopic (exact) mass is 227 g/mol. The molecule has 0 aliphatic carbocycles. The summed E-state index contributed by atoms with van der Waals surface area (Å²) >= 11 is 0. The largest absolute Gasteiger partial charge is 0.393 e. The van der Waals surface area contributed by atoms with Crippen molar-refractivity contribution < 1.29 is 9.63 Å². The molecule has 1 unspecified atom stereocenters. The van der Waals surface area contributed by atoms with E-state index < -0.39 is 0 Å². The van der Waals surface area contributed by atoms with E-state index in [2.05, 4.69) is 15.0 Å². The molecule has 1 N–H and O–H groups in total. The van der Waals surface area contributed by atoms with Crippen molar-refractivity contribution in [2.45, 2.75) is 45.8 Å². The van der Waals surface area contributed by atoms with Gasteiger partial charge in [0, 0.05) is 12.5 Å². The molecule has 0 fully saturated rings. The summed E-state index contributed by atoms with van der Waals surface area (Å²) in [5.41, 5.74) is 0. The SMILES string of the molecule is CC(O)CCN(C)Cc1noc(C(C)C)n1. The van der Waals surface area contributed by atoms with Gasteiger partial charge in [0.05, 0.1) is 12.6 Å². The molecule has 92 valence electrons. The van der Waals surface area contributed by atoms with Crippen LogP contribution in [0.5, 0.6) is 0 Å². The average Bonchev–Trinajstić information content (AvgIpc) is 2.63. The van der Waals surface area contributed by atoms with Gasteiger partial charge in [-0.1, -0.05) is 19.0 Å². The Morgan fingerprint density at radius 1 is 1.38 bits per heavy atom. The second-order valence-corrected chi connectivity index (χ2v) is 4.58. The van der Waals surface area contributed by atoms with Crippen LogP contribution in [0.4, 0.5) is 0 Å². The maximum Gasteiger partial charge on any atom is 0.229 e. The molecule has 0 saturated carbocycles. The zero-order valence-electron chi connectivity index (χ0n) is 10.5. The van der Waals surface area contributed by atoms with Crippen molar-refractivity contribution in [3.63, 3.8) is 0 Å². The lowest BCUT2D eigenvalue weighted by Crippen LogP contribution is -2.22. The Bertz CT molecular complexity index is 310. The highest BCUT2D eigenvalue weighted by Crippen LogP contribution is 2.11. The van der Waals surface area contributed by atoms with Crippen LogP contribution in [-0.4, -0.2) is 39.8 Å². The summed E-state index contributed by atoms with van der Waals surface area (Å²) in [5, 5.41) is 13.1. The van der Waals surface area contributed by atoms with Gasteiger partial charge in [-0.05, 0) is 20.4 Å². The Morgan fingerprint density at radius 2 is 2.06 bits per heavy atom. The first-order chi connectivity index (χ1) is 7.49. The number of hydrogen-bond acceptors (Lipinski definition) is 5. The molecule has 0 bridgehead atoms. The lowest BCUT2D eigenvalue weighted by atomic mass is 10.2. The molecule has 0 spiro atoms. The summed E-state index contributed by atoms with van der Waals surface area (Å²) in [4.78, 5) is 6.37. The normalized spacial score (nSPS) is 13.7. The number of rotatable bonds is 6. The molecule has 1 atom stereocenters. The van der Waals surface area contributed by atoms with Gasteiger partial charge in [-0.3, -0.25) is 4.90 Å². The molecule has 0 saturated heterocycles. The van der Waals surface area contributed by atoms with Crippen molar-refractivity contribution in [3.8, 4) is 0 Å². The summed E-state index contributed by atoms with van der Waals surface area (Å²) < 4.78 is 5.12. The Labute approximate surface area is 96.5 Å². The van der Waals surface area contributed by atoms with Gasteiger partial charge < -0.3 is 9.63 Å². The maximum atomic E-state index is 9.17. The Hall–Kier alpha value is -0.940. The molecule has 0 aromatic carbocycles. The summed E-state index contributed by atoms with van der Waals surface area (Å²) in [6.45, 7) is 7.31. The number of aliphatic hydroxyl groups is 1. The lowest BCUT2D eigenvalue weighted by molar-refractivity contribution is 0.161. The molecule has 0 aliphatic heterocycles. The van der Waals surface area contributed by atoms with Crippen molar-refractivity contribution in [3.05, 3.63) is 11.7 Å². The average molecular weight is 227 g/mol. The second-order valence-electron chi connectivity index (χ2n) is 4.58. The minimum Gasteiger partial charge on any atom is -0.393 e. The topological polar surface area (TPSA) is 62.4 Å². The Balaban J connectivity index is 2.40. The van der Waals surface area contributed by atoms with E-state index in [9.17, 15) is 0 Å². The van der Waals surface area contributed by atoms with E-state index in [-0.39, 0.29) is 12.0 Å². The molecule has 1 heterocycles. The van der Waals surface area contributed by atoms with E-state index in [0.29, 0.717) is 18.3 Å². The van der Waals surface area contributed by atoms with E-state index in [1.165, 1.54) is 0 Å².